The molecule has 1 fully saturated rings. The Kier molecular flexibility index (Phi) is 2.24. The van der Waals surface area contributed by atoms with Crippen molar-refractivity contribution in [3.05, 3.63) is 0 Å². The molecule has 1 heterocycles. The standard InChI is InChI=1S/C4H8O5S/c5-2-1-4-3-8-10(6,7)9-4/h4-5H,1-3H2. The first-order valence-electron chi connectivity index (χ1n) is 2.82. The second-order valence-electron chi connectivity index (χ2n) is 1.92. The SMILES string of the molecule is O=S1(=O)OCC(CCO)O1. The molecule has 0 aliphatic carbocycles. The van der Waals surface area contributed by atoms with Gasteiger partial charge in [0.15, 0.2) is 0 Å². The molecule has 1 aliphatic rings. The molecule has 10 heavy (non-hydrogen) atoms. The summed E-state index contributed by atoms with van der Waals surface area (Å²) < 4.78 is 29.4. The molecule has 0 amide bonds. The lowest BCUT2D eigenvalue weighted by Gasteiger charge is -1.99. The molecule has 60 valence electrons. The summed E-state index contributed by atoms with van der Waals surface area (Å²) >= 11 is 0. The van der Waals surface area contributed by atoms with Crippen LogP contribution in [0.3, 0.4) is 0 Å². The molecule has 1 aliphatic heterocycles. The van der Waals surface area contributed by atoms with Gasteiger partial charge in [-0.1, -0.05) is 0 Å². The molecule has 0 bridgehead atoms. The second kappa shape index (κ2) is 2.83. The quantitative estimate of drug-likeness (QED) is 0.574. The first-order valence-corrected chi connectivity index (χ1v) is 4.16. The Bertz CT molecular complexity index is 196. The summed E-state index contributed by atoms with van der Waals surface area (Å²) in [5.74, 6) is 0. The van der Waals surface area contributed by atoms with E-state index < -0.39 is 16.5 Å². The Labute approximate surface area is 58.9 Å². The Morgan fingerprint density at radius 3 is 2.70 bits per heavy atom. The largest absolute Gasteiger partial charge is 0.400 e. The van der Waals surface area contributed by atoms with Crippen LogP contribution >= 0.6 is 0 Å². The van der Waals surface area contributed by atoms with Crippen LogP contribution in [0.2, 0.25) is 0 Å². The zero-order chi connectivity index (χ0) is 7.61. The number of aliphatic hydroxyl groups is 1. The fourth-order valence-corrected chi connectivity index (χ4v) is 1.52. The van der Waals surface area contributed by atoms with E-state index in [9.17, 15) is 8.42 Å². The van der Waals surface area contributed by atoms with Crippen molar-refractivity contribution in [1.29, 1.82) is 0 Å². The minimum absolute atomic E-state index is 0.0168. The normalized spacial score (nSPS) is 30.7. The van der Waals surface area contributed by atoms with E-state index >= 15 is 0 Å². The minimum Gasteiger partial charge on any atom is -0.396 e. The highest BCUT2D eigenvalue weighted by Gasteiger charge is 2.28. The lowest BCUT2D eigenvalue weighted by Crippen LogP contribution is -2.11. The molecule has 1 saturated heterocycles. The first kappa shape index (κ1) is 7.93. The van der Waals surface area contributed by atoms with E-state index in [1.807, 2.05) is 0 Å². The predicted octanol–water partition coefficient (Wildman–Crippen LogP) is -0.971. The van der Waals surface area contributed by atoms with E-state index in [1.54, 1.807) is 0 Å². The van der Waals surface area contributed by atoms with Crippen molar-refractivity contribution in [1.82, 2.24) is 0 Å². The van der Waals surface area contributed by atoms with Crippen molar-refractivity contribution in [3.8, 4) is 0 Å². The maximum Gasteiger partial charge on any atom is 0.400 e. The highest BCUT2D eigenvalue weighted by atomic mass is 32.3. The van der Waals surface area contributed by atoms with Crippen molar-refractivity contribution < 1.29 is 21.9 Å². The van der Waals surface area contributed by atoms with Gasteiger partial charge in [-0.25, -0.2) is 8.37 Å². The topological polar surface area (TPSA) is 72.8 Å². The van der Waals surface area contributed by atoms with Gasteiger partial charge >= 0.3 is 10.4 Å². The monoisotopic (exact) mass is 168 g/mol. The molecule has 0 aromatic carbocycles. The number of rotatable bonds is 2. The third kappa shape index (κ3) is 1.91. The zero-order valence-electron chi connectivity index (χ0n) is 5.19. The molecule has 0 radical (unpaired) electrons. The molecular formula is C4H8O5S. The van der Waals surface area contributed by atoms with E-state index in [0.717, 1.165) is 0 Å². The summed E-state index contributed by atoms with van der Waals surface area (Å²) in [6, 6.07) is 0. The van der Waals surface area contributed by atoms with Crippen molar-refractivity contribution in [2.75, 3.05) is 13.2 Å². The summed E-state index contributed by atoms with van der Waals surface area (Å²) in [7, 11) is -3.73. The molecule has 0 aromatic rings. The molecule has 0 spiro atoms. The highest BCUT2D eigenvalue weighted by Crippen LogP contribution is 2.14. The fraction of sp³-hybridized carbons (Fsp3) is 1.00. The third-order valence-corrected chi connectivity index (χ3v) is 2.04. The van der Waals surface area contributed by atoms with Gasteiger partial charge in [0, 0.05) is 13.0 Å². The average Bonchev–Trinajstić information content (AvgIpc) is 2.12. The summed E-state index contributed by atoms with van der Waals surface area (Å²) in [6.07, 6.45) is -0.214. The zero-order valence-corrected chi connectivity index (χ0v) is 6.00. The predicted molar refractivity (Wildman–Crippen MR) is 31.4 cm³/mol. The Balaban J connectivity index is 2.44. The molecule has 1 N–H and O–H groups in total. The summed E-state index contributed by atoms with van der Waals surface area (Å²) in [5.41, 5.74) is 0. The molecule has 1 rings (SSSR count). The van der Waals surface area contributed by atoms with Crippen LogP contribution in [0.25, 0.3) is 0 Å². The smallest absolute Gasteiger partial charge is 0.396 e. The molecule has 0 saturated carbocycles. The Hall–Kier alpha value is -0.170. The van der Waals surface area contributed by atoms with Crippen molar-refractivity contribution in [3.63, 3.8) is 0 Å². The molecule has 0 aromatic heterocycles. The van der Waals surface area contributed by atoms with Gasteiger partial charge in [0.1, 0.15) is 6.10 Å². The molecule has 1 atom stereocenters. The van der Waals surface area contributed by atoms with Gasteiger partial charge < -0.3 is 5.11 Å². The van der Waals surface area contributed by atoms with Crippen molar-refractivity contribution in [2.24, 2.45) is 0 Å². The molecule has 5 nitrogen and oxygen atoms in total. The highest BCUT2D eigenvalue weighted by molar-refractivity contribution is 7.82. The van der Waals surface area contributed by atoms with Crippen molar-refractivity contribution >= 4 is 10.4 Å². The molecule has 6 heteroatoms. The first-order chi connectivity index (χ1) is 4.64. The van der Waals surface area contributed by atoms with Gasteiger partial charge in [-0.15, -0.1) is 0 Å². The van der Waals surface area contributed by atoms with Crippen LogP contribution in [0, 0.1) is 0 Å². The van der Waals surface area contributed by atoms with Crippen molar-refractivity contribution in [2.45, 2.75) is 12.5 Å². The summed E-state index contributed by atoms with van der Waals surface area (Å²) in [4.78, 5) is 0. The maximum absolute atomic E-state index is 10.4. The summed E-state index contributed by atoms with van der Waals surface area (Å²) in [5, 5.41) is 8.37. The van der Waals surface area contributed by atoms with Gasteiger partial charge in [0.25, 0.3) is 0 Å². The van der Waals surface area contributed by atoms with Crippen LogP contribution in [-0.2, 0) is 18.8 Å². The van der Waals surface area contributed by atoms with E-state index in [-0.39, 0.29) is 13.2 Å². The number of hydrogen-bond acceptors (Lipinski definition) is 5. The van der Waals surface area contributed by atoms with Gasteiger partial charge in [0.2, 0.25) is 0 Å². The Morgan fingerprint density at radius 2 is 2.30 bits per heavy atom. The molecule has 1 unspecified atom stereocenters. The van der Waals surface area contributed by atoms with E-state index in [2.05, 4.69) is 8.37 Å². The number of aliphatic hydroxyl groups excluding tert-OH is 1. The lowest BCUT2D eigenvalue weighted by molar-refractivity contribution is 0.176. The van der Waals surface area contributed by atoms with E-state index in [1.165, 1.54) is 0 Å². The Morgan fingerprint density at radius 1 is 1.60 bits per heavy atom. The third-order valence-electron chi connectivity index (χ3n) is 1.10. The van der Waals surface area contributed by atoms with Gasteiger partial charge in [0.05, 0.1) is 6.61 Å². The second-order valence-corrected chi connectivity index (χ2v) is 3.17. The van der Waals surface area contributed by atoms with Crippen LogP contribution in [0.1, 0.15) is 6.42 Å². The summed E-state index contributed by atoms with van der Waals surface area (Å²) in [6.45, 7) is -0.0769. The van der Waals surface area contributed by atoms with Crippen LogP contribution in [0.15, 0.2) is 0 Å². The fourth-order valence-electron chi connectivity index (χ4n) is 0.657. The van der Waals surface area contributed by atoms with Crippen LogP contribution in [-0.4, -0.2) is 32.8 Å². The van der Waals surface area contributed by atoms with Gasteiger partial charge in [-0.2, -0.15) is 8.42 Å². The van der Waals surface area contributed by atoms with Gasteiger partial charge in [-0.05, 0) is 0 Å². The minimum atomic E-state index is -3.73. The number of hydrogen-bond donors (Lipinski definition) is 1. The molecular weight excluding hydrogens is 160 g/mol. The van der Waals surface area contributed by atoms with Gasteiger partial charge in [-0.3, -0.25) is 0 Å². The van der Waals surface area contributed by atoms with Crippen LogP contribution in [0.5, 0.6) is 0 Å². The van der Waals surface area contributed by atoms with Crippen LogP contribution in [0.4, 0.5) is 0 Å². The van der Waals surface area contributed by atoms with E-state index in [0.29, 0.717) is 6.42 Å². The van der Waals surface area contributed by atoms with Crippen LogP contribution < -0.4 is 0 Å². The lowest BCUT2D eigenvalue weighted by atomic mass is 10.3. The van der Waals surface area contributed by atoms with E-state index in [4.69, 9.17) is 5.11 Å². The average molecular weight is 168 g/mol. The maximum atomic E-state index is 10.4.